The number of thioether (sulfide) groups is 1. The molecule has 3 rings (SSSR count). The molecule has 3 amide bonds. The summed E-state index contributed by atoms with van der Waals surface area (Å²) in [6.45, 7) is 3.51. The molecular weight excluding hydrogens is 395 g/mol. The highest BCUT2D eigenvalue weighted by Crippen LogP contribution is 2.32. The molecule has 1 fully saturated rings. The Hall–Kier alpha value is -3.39. The summed E-state index contributed by atoms with van der Waals surface area (Å²) in [5.74, 6) is -0.994. The van der Waals surface area contributed by atoms with Gasteiger partial charge < -0.3 is 10.1 Å². The molecule has 6 nitrogen and oxygen atoms in total. The number of anilines is 1. The summed E-state index contributed by atoms with van der Waals surface area (Å²) in [5.41, 5.74) is 0.960. The monoisotopic (exact) mass is 412 g/mol. The van der Waals surface area contributed by atoms with Gasteiger partial charge in [0.15, 0.2) is 0 Å². The number of carbonyl (C=O) groups is 3. The molecule has 8 heteroatoms. The number of nitrogens with zero attached hydrogens (tertiary/aromatic N) is 1. The Morgan fingerprint density at radius 1 is 1.21 bits per heavy atom. The maximum atomic E-state index is 13.2. The second-order valence-corrected chi connectivity index (χ2v) is 6.99. The van der Waals surface area contributed by atoms with Crippen molar-refractivity contribution >= 4 is 40.6 Å². The first-order valence-electron chi connectivity index (χ1n) is 8.61. The predicted molar refractivity (Wildman–Crippen MR) is 110 cm³/mol. The van der Waals surface area contributed by atoms with Crippen molar-refractivity contribution in [1.29, 1.82) is 0 Å². The molecule has 0 unspecified atom stereocenters. The van der Waals surface area contributed by atoms with Gasteiger partial charge in [-0.1, -0.05) is 30.9 Å². The second-order valence-electron chi connectivity index (χ2n) is 6.00. The van der Waals surface area contributed by atoms with E-state index in [-0.39, 0.29) is 10.6 Å². The highest BCUT2D eigenvalue weighted by molar-refractivity contribution is 8.18. The van der Waals surface area contributed by atoms with E-state index in [0.29, 0.717) is 17.9 Å². The van der Waals surface area contributed by atoms with E-state index in [1.165, 1.54) is 18.2 Å². The average molecular weight is 412 g/mol. The van der Waals surface area contributed by atoms with Crippen LogP contribution in [0.4, 0.5) is 14.9 Å². The van der Waals surface area contributed by atoms with Crippen molar-refractivity contribution in [2.45, 2.75) is 0 Å². The van der Waals surface area contributed by atoms with E-state index in [4.69, 9.17) is 4.74 Å². The average Bonchev–Trinajstić information content (AvgIpc) is 2.95. The molecular formula is C21H17FN2O4S. The fraction of sp³-hybridized carbons (Fsp3) is 0.0952. The molecule has 2 aromatic rings. The van der Waals surface area contributed by atoms with Crippen LogP contribution in [0.5, 0.6) is 5.75 Å². The van der Waals surface area contributed by atoms with Crippen LogP contribution < -0.4 is 10.1 Å². The van der Waals surface area contributed by atoms with Crippen molar-refractivity contribution in [3.8, 4) is 5.75 Å². The minimum atomic E-state index is -0.595. The van der Waals surface area contributed by atoms with Gasteiger partial charge in [0.05, 0.1) is 4.91 Å². The molecule has 0 atom stereocenters. The molecule has 1 aliphatic heterocycles. The molecule has 29 heavy (non-hydrogen) atoms. The van der Waals surface area contributed by atoms with E-state index < -0.39 is 29.4 Å². The van der Waals surface area contributed by atoms with Crippen LogP contribution in [0.15, 0.2) is 66.1 Å². The molecule has 148 valence electrons. The van der Waals surface area contributed by atoms with Crippen molar-refractivity contribution in [1.82, 2.24) is 4.90 Å². The smallest absolute Gasteiger partial charge is 0.294 e. The second kappa shape index (κ2) is 9.20. The van der Waals surface area contributed by atoms with Gasteiger partial charge in [-0.2, -0.15) is 0 Å². The Balaban J connectivity index is 1.65. The van der Waals surface area contributed by atoms with Gasteiger partial charge in [0.1, 0.15) is 24.7 Å². The first kappa shape index (κ1) is 20.3. The number of amides is 3. The Morgan fingerprint density at radius 2 is 1.97 bits per heavy atom. The van der Waals surface area contributed by atoms with Gasteiger partial charge in [-0.05, 0) is 53.7 Å². The number of benzene rings is 2. The Morgan fingerprint density at radius 3 is 2.66 bits per heavy atom. The lowest BCUT2D eigenvalue weighted by atomic mass is 10.2. The fourth-order valence-corrected chi connectivity index (χ4v) is 3.35. The van der Waals surface area contributed by atoms with Gasteiger partial charge in [0.25, 0.3) is 11.1 Å². The summed E-state index contributed by atoms with van der Waals surface area (Å²) in [5, 5.41) is 1.92. The lowest BCUT2D eigenvalue weighted by molar-refractivity contribution is -0.127. The number of rotatable bonds is 7. The molecule has 0 aliphatic carbocycles. The van der Waals surface area contributed by atoms with Crippen LogP contribution >= 0.6 is 11.8 Å². The van der Waals surface area contributed by atoms with Crippen molar-refractivity contribution < 1.29 is 23.5 Å². The third-order valence-corrected chi connectivity index (χ3v) is 4.74. The third kappa shape index (κ3) is 5.32. The summed E-state index contributed by atoms with van der Waals surface area (Å²) < 4.78 is 18.6. The maximum absolute atomic E-state index is 13.2. The molecule has 1 N–H and O–H groups in total. The quantitative estimate of drug-likeness (QED) is 0.548. The molecule has 2 aromatic carbocycles. The van der Waals surface area contributed by atoms with Crippen molar-refractivity contribution in [3.63, 3.8) is 0 Å². The standard InChI is InChI=1S/C21H17FN2O4S/c1-2-10-28-17-8-6-14(7-9-17)11-18-20(26)24(21(27)29-18)13-19(25)23-16-5-3-4-15(22)12-16/h2-9,11-12H,1,10,13H2,(H,23,25)/b18-11+. The topological polar surface area (TPSA) is 75.7 Å². The molecule has 1 heterocycles. The molecule has 0 aromatic heterocycles. The van der Waals surface area contributed by atoms with Gasteiger partial charge in [-0.3, -0.25) is 19.3 Å². The van der Waals surface area contributed by atoms with Crippen molar-refractivity contribution in [2.24, 2.45) is 0 Å². The number of halogens is 1. The first-order chi connectivity index (χ1) is 14.0. The van der Waals surface area contributed by atoms with E-state index in [9.17, 15) is 18.8 Å². The zero-order chi connectivity index (χ0) is 20.8. The molecule has 0 saturated carbocycles. The predicted octanol–water partition coefficient (Wildman–Crippen LogP) is 4.07. The summed E-state index contributed by atoms with van der Waals surface area (Å²) in [6.07, 6.45) is 3.21. The van der Waals surface area contributed by atoms with E-state index in [1.54, 1.807) is 36.4 Å². The number of imide groups is 1. The van der Waals surface area contributed by atoms with Crippen molar-refractivity contribution in [2.75, 3.05) is 18.5 Å². The highest BCUT2D eigenvalue weighted by Gasteiger charge is 2.36. The van der Waals surface area contributed by atoms with Crippen LogP contribution in [-0.4, -0.2) is 35.1 Å². The first-order valence-corrected chi connectivity index (χ1v) is 9.42. The SMILES string of the molecule is C=CCOc1ccc(/C=C2/SC(=O)N(CC(=O)Nc3cccc(F)c3)C2=O)cc1. The third-order valence-electron chi connectivity index (χ3n) is 3.83. The van der Waals surface area contributed by atoms with Crippen LogP contribution in [0.3, 0.4) is 0 Å². The molecule has 1 saturated heterocycles. The van der Waals surface area contributed by atoms with Crippen LogP contribution in [0, 0.1) is 5.82 Å². The van der Waals surface area contributed by atoms with Crippen LogP contribution in [-0.2, 0) is 9.59 Å². The van der Waals surface area contributed by atoms with Gasteiger partial charge in [0, 0.05) is 5.69 Å². The van der Waals surface area contributed by atoms with Gasteiger partial charge >= 0.3 is 0 Å². The van der Waals surface area contributed by atoms with E-state index in [0.717, 1.165) is 22.7 Å². The van der Waals surface area contributed by atoms with Gasteiger partial charge in [-0.25, -0.2) is 4.39 Å². The van der Waals surface area contributed by atoms with Gasteiger partial charge in [-0.15, -0.1) is 0 Å². The zero-order valence-electron chi connectivity index (χ0n) is 15.3. The molecule has 1 aliphatic rings. The Bertz CT molecular complexity index is 988. The summed E-state index contributed by atoms with van der Waals surface area (Å²) >= 11 is 0.759. The van der Waals surface area contributed by atoms with E-state index in [2.05, 4.69) is 11.9 Å². The number of carbonyl (C=O) groups excluding carboxylic acids is 3. The lowest BCUT2D eigenvalue weighted by Gasteiger charge is -2.12. The fourth-order valence-electron chi connectivity index (χ4n) is 2.51. The van der Waals surface area contributed by atoms with E-state index in [1.807, 2.05) is 0 Å². The molecule has 0 radical (unpaired) electrons. The Kier molecular flexibility index (Phi) is 6.46. The zero-order valence-corrected chi connectivity index (χ0v) is 16.1. The van der Waals surface area contributed by atoms with Gasteiger partial charge in [0.2, 0.25) is 5.91 Å². The molecule has 0 spiro atoms. The van der Waals surface area contributed by atoms with Crippen LogP contribution in [0.2, 0.25) is 0 Å². The number of ether oxygens (including phenoxy) is 1. The van der Waals surface area contributed by atoms with E-state index >= 15 is 0 Å². The minimum Gasteiger partial charge on any atom is -0.490 e. The molecule has 0 bridgehead atoms. The Labute approximate surface area is 171 Å². The highest BCUT2D eigenvalue weighted by atomic mass is 32.2. The van der Waals surface area contributed by atoms with Crippen molar-refractivity contribution in [3.05, 3.63) is 77.5 Å². The lowest BCUT2D eigenvalue weighted by Crippen LogP contribution is -2.36. The minimum absolute atomic E-state index is 0.216. The summed E-state index contributed by atoms with van der Waals surface area (Å²) in [4.78, 5) is 37.9. The normalized spacial score (nSPS) is 14.9. The number of hydrogen-bond donors (Lipinski definition) is 1. The maximum Gasteiger partial charge on any atom is 0.294 e. The number of hydrogen-bond acceptors (Lipinski definition) is 5. The largest absolute Gasteiger partial charge is 0.490 e. The van der Waals surface area contributed by atoms with Crippen LogP contribution in [0.1, 0.15) is 5.56 Å². The number of nitrogens with one attached hydrogen (secondary N) is 1. The van der Waals surface area contributed by atoms with Crippen LogP contribution in [0.25, 0.3) is 6.08 Å². The summed E-state index contributed by atoms with van der Waals surface area (Å²) in [7, 11) is 0. The summed E-state index contributed by atoms with van der Waals surface area (Å²) in [6, 6.07) is 12.3.